The van der Waals surface area contributed by atoms with Crippen LogP contribution >= 0.6 is 0 Å². The second kappa shape index (κ2) is 6.95. The molecule has 1 saturated carbocycles. The third-order valence-corrected chi connectivity index (χ3v) is 9.26. The van der Waals surface area contributed by atoms with Gasteiger partial charge in [0.2, 0.25) is 0 Å². The van der Waals surface area contributed by atoms with E-state index < -0.39 is 10.0 Å². The van der Waals surface area contributed by atoms with Crippen molar-refractivity contribution in [1.82, 2.24) is 0 Å². The first kappa shape index (κ1) is 20.3. The van der Waals surface area contributed by atoms with Crippen LogP contribution in [0.25, 0.3) is 5.57 Å². The lowest BCUT2D eigenvalue weighted by Crippen LogP contribution is -2.42. The molecule has 0 radical (unpaired) electrons. The SMILES string of the molecule is COc1ccc2c(c1)N(S(=O)(=O)c1ccc(C)cc1)CC1=C2CC[C@@]2(C)C(=O)CC[C@H]12. The van der Waals surface area contributed by atoms with Crippen molar-refractivity contribution in [2.45, 2.75) is 44.4 Å². The molecule has 6 heteroatoms. The molecule has 0 amide bonds. The highest BCUT2D eigenvalue weighted by Crippen LogP contribution is 2.57. The predicted molar refractivity (Wildman–Crippen MR) is 121 cm³/mol. The molecule has 162 valence electrons. The molecule has 1 heterocycles. The summed E-state index contributed by atoms with van der Waals surface area (Å²) in [6.45, 7) is 4.30. The number of rotatable bonds is 3. The average Bonchev–Trinajstić information content (AvgIpc) is 3.07. The van der Waals surface area contributed by atoms with Gasteiger partial charge in [-0.1, -0.05) is 24.6 Å². The summed E-state index contributed by atoms with van der Waals surface area (Å²) < 4.78 is 34.5. The quantitative estimate of drug-likeness (QED) is 0.695. The summed E-state index contributed by atoms with van der Waals surface area (Å²) in [5.41, 5.74) is 4.57. The number of carbonyl (C=O) groups is 1. The molecule has 0 spiro atoms. The Bertz CT molecular complexity index is 1210. The van der Waals surface area contributed by atoms with Gasteiger partial charge >= 0.3 is 0 Å². The Morgan fingerprint density at radius 1 is 1.10 bits per heavy atom. The van der Waals surface area contributed by atoms with E-state index in [1.165, 1.54) is 9.88 Å². The number of methoxy groups -OCH3 is 1. The highest BCUT2D eigenvalue weighted by atomic mass is 32.2. The number of ether oxygens (including phenoxy) is 1. The molecule has 0 N–H and O–H groups in total. The molecule has 3 aliphatic rings. The molecule has 2 aromatic carbocycles. The van der Waals surface area contributed by atoms with Crippen molar-refractivity contribution >= 4 is 27.1 Å². The fourth-order valence-electron chi connectivity index (χ4n) is 5.61. The highest BCUT2D eigenvalue weighted by Gasteiger charge is 2.52. The molecule has 1 aliphatic heterocycles. The number of aryl methyl sites for hydroxylation is 1. The number of allylic oxidation sites excluding steroid dienone is 1. The van der Waals surface area contributed by atoms with E-state index >= 15 is 0 Å². The van der Waals surface area contributed by atoms with Crippen molar-refractivity contribution in [2.24, 2.45) is 11.3 Å². The third kappa shape index (κ3) is 2.95. The van der Waals surface area contributed by atoms with Crippen LogP contribution in [0.5, 0.6) is 5.75 Å². The first-order valence-corrected chi connectivity index (χ1v) is 12.2. The van der Waals surface area contributed by atoms with Crippen molar-refractivity contribution in [3.63, 3.8) is 0 Å². The van der Waals surface area contributed by atoms with Gasteiger partial charge in [-0.2, -0.15) is 0 Å². The summed E-state index contributed by atoms with van der Waals surface area (Å²) in [5, 5.41) is 0. The Hall–Kier alpha value is -2.60. The number of nitrogens with zero attached hydrogens (tertiary/aromatic N) is 1. The normalized spacial score (nSPS) is 25.2. The van der Waals surface area contributed by atoms with Crippen LogP contribution in [-0.4, -0.2) is 27.9 Å². The van der Waals surface area contributed by atoms with Gasteiger partial charge in [-0.3, -0.25) is 9.10 Å². The molecular weight excluding hydrogens is 410 g/mol. The van der Waals surface area contributed by atoms with E-state index in [2.05, 4.69) is 6.92 Å². The zero-order valence-electron chi connectivity index (χ0n) is 18.1. The lowest BCUT2D eigenvalue weighted by molar-refractivity contribution is -0.126. The summed E-state index contributed by atoms with van der Waals surface area (Å²) >= 11 is 0. The Morgan fingerprint density at radius 3 is 2.55 bits per heavy atom. The van der Waals surface area contributed by atoms with Gasteiger partial charge in [0.1, 0.15) is 11.5 Å². The minimum Gasteiger partial charge on any atom is -0.497 e. The molecule has 0 bridgehead atoms. The summed E-state index contributed by atoms with van der Waals surface area (Å²) in [6.07, 6.45) is 3.01. The lowest BCUT2D eigenvalue weighted by atomic mass is 9.64. The lowest BCUT2D eigenvalue weighted by Gasteiger charge is -2.43. The number of fused-ring (bicyclic) bond motifs is 4. The Balaban J connectivity index is 1.69. The van der Waals surface area contributed by atoms with E-state index in [9.17, 15) is 13.2 Å². The molecule has 5 rings (SSSR count). The summed E-state index contributed by atoms with van der Waals surface area (Å²) in [7, 11) is -2.18. The summed E-state index contributed by atoms with van der Waals surface area (Å²) in [5.74, 6) is 1.05. The third-order valence-electron chi connectivity index (χ3n) is 7.49. The molecule has 5 nitrogen and oxygen atoms in total. The number of benzene rings is 2. The molecule has 0 aromatic heterocycles. The van der Waals surface area contributed by atoms with Crippen LogP contribution in [0.15, 0.2) is 52.9 Å². The van der Waals surface area contributed by atoms with Crippen LogP contribution < -0.4 is 9.04 Å². The highest BCUT2D eigenvalue weighted by molar-refractivity contribution is 7.92. The summed E-state index contributed by atoms with van der Waals surface area (Å²) in [6, 6.07) is 12.6. The first-order valence-electron chi connectivity index (χ1n) is 10.8. The number of anilines is 1. The van der Waals surface area contributed by atoms with Crippen molar-refractivity contribution in [2.75, 3.05) is 18.0 Å². The van der Waals surface area contributed by atoms with Crippen LogP contribution in [0.3, 0.4) is 0 Å². The van der Waals surface area contributed by atoms with Crippen molar-refractivity contribution in [3.05, 3.63) is 59.2 Å². The molecule has 2 aliphatic carbocycles. The molecule has 31 heavy (non-hydrogen) atoms. The fraction of sp³-hybridized carbons (Fsp3) is 0.400. The van der Waals surface area contributed by atoms with Gasteiger partial charge in [0.15, 0.2) is 0 Å². The molecule has 0 unspecified atom stereocenters. The van der Waals surface area contributed by atoms with Crippen molar-refractivity contribution in [1.29, 1.82) is 0 Å². The number of ketones is 1. The second-order valence-corrected chi connectivity index (χ2v) is 11.0. The maximum atomic E-state index is 13.8. The van der Waals surface area contributed by atoms with Gasteiger partial charge < -0.3 is 4.74 Å². The van der Waals surface area contributed by atoms with Crippen LogP contribution in [0.1, 0.15) is 43.7 Å². The number of carbonyl (C=O) groups excluding carboxylic acids is 1. The van der Waals surface area contributed by atoms with E-state index in [1.54, 1.807) is 19.2 Å². The summed E-state index contributed by atoms with van der Waals surface area (Å²) in [4.78, 5) is 13.0. The number of hydrogen-bond donors (Lipinski definition) is 0. The number of Topliss-reactive ketones (excluding diaryl/α,β-unsaturated/α-hetero) is 1. The van der Waals surface area contributed by atoms with Crippen molar-refractivity contribution < 1.29 is 17.9 Å². The monoisotopic (exact) mass is 437 g/mol. The van der Waals surface area contributed by atoms with Gasteiger partial charge in [0.05, 0.1) is 24.2 Å². The van der Waals surface area contributed by atoms with Crippen LogP contribution in [0.2, 0.25) is 0 Å². The maximum absolute atomic E-state index is 13.8. The molecule has 1 fully saturated rings. The molecule has 2 aromatic rings. The first-order chi connectivity index (χ1) is 14.8. The topological polar surface area (TPSA) is 63.7 Å². The maximum Gasteiger partial charge on any atom is 0.264 e. The van der Waals surface area contributed by atoms with E-state index in [1.807, 2.05) is 37.3 Å². The van der Waals surface area contributed by atoms with Crippen molar-refractivity contribution in [3.8, 4) is 5.75 Å². The van der Waals surface area contributed by atoms with E-state index in [4.69, 9.17) is 4.74 Å². The largest absolute Gasteiger partial charge is 0.497 e. The molecule has 0 saturated heterocycles. The van der Waals surface area contributed by atoms with Crippen LogP contribution in [0.4, 0.5) is 5.69 Å². The van der Waals surface area contributed by atoms with Gasteiger partial charge in [0, 0.05) is 23.5 Å². The Kier molecular flexibility index (Phi) is 4.56. The van der Waals surface area contributed by atoms with Gasteiger partial charge in [-0.15, -0.1) is 0 Å². The molecular formula is C25H27NO4S. The predicted octanol–water partition coefficient (Wildman–Crippen LogP) is 4.75. The number of hydrogen-bond acceptors (Lipinski definition) is 4. The average molecular weight is 438 g/mol. The fourth-order valence-corrected chi connectivity index (χ4v) is 7.06. The van der Waals surface area contributed by atoms with Crippen LogP contribution in [-0.2, 0) is 14.8 Å². The van der Waals surface area contributed by atoms with E-state index in [0.29, 0.717) is 30.2 Å². The minimum absolute atomic E-state index is 0.106. The zero-order valence-corrected chi connectivity index (χ0v) is 19.0. The smallest absolute Gasteiger partial charge is 0.264 e. The minimum atomic E-state index is -3.77. The van der Waals surface area contributed by atoms with E-state index in [0.717, 1.165) is 36.0 Å². The van der Waals surface area contributed by atoms with Crippen LogP contribution in [0, 0.1) is 18.3 Å². The van der Waals surface area contributed by atoms with E-state index in [-0.39, 0.29) is 16.2 Å². The zero-order chi connectivity index (χ0) is 22.0. The van der Waals surface area contributed by atoms with Gasteiger partial charge in [-0.25, -0.2) is 8.42 Å². The Morgan fingerprint density at radius 2 is 1.84 bits per heavy atom. The van der Waals surface area contributed by atoms with Gasteiger partial charge in [0.25, 0.3) is 10.0 Å². The standard InChI is InChI=1S/C25H27NO4S/c1-16-4-7-18(8-5-16)31(28,29)26-15-21-19(20-9-6-17(30-3)14-23(20)26)12-13-25(2)22(21)10-11-24(25)27/h4-9,14,22H,10-13,15H2,1-3H3/t22-,25-/m1/s1. The second-order valence-electron chi connectivity index (χ2n) is 9.14. The molecule has 2 atom stereocenters. The van der Waals surface area contributed by atoms with Gasteiger partial charge in [-0.05, 0) is 67.5 Å². The number of sulfonamides is 1. The Labute approximate surface area is 183 Å².